The van der Waals surface area contributed by atoms with Gasteiger partial charge in [0.15, 0.2) is 0 Å². The van der Waals surface area contributed by atoms with Crippen LogP contribution in [0.25, 0.3) is 0 Å². The van der Waals surface area contributed by atoms with Crippen LogP contribution in [0.5, 0.6) is 0 Å². The van der Waals surface area contributed by atoms with Gasteiger partial charge >= 0.3 is 0 Å². The zero-order valence-electron chi connectivity index (χ0n) is 13.1. The van der Waals surface area contributed by atoms with Gasteiger partial charge in [-0.1, -0.05) is 18.2 Å². The molecule has 2 atom stereocenters. The Morgan fingerprint density at radius 3 is 2.86 bits per heavy atom. The Bertz CT molecular complexity index is 499. The van der Waals surface area contributed by atoms with Gasteiger partial charge in [-0.3, -0.25) is 4.90 Å². The third-order valence-corrected chi connectivity index (χ3v) is 6.48. The third kappa shape index (κ3) is 3.01. The molecule has 0 aromatic heterocycles. The van der Waals surface area contributed by atoms with E-state index in [-0.39, 0.29) is 5.54 Å². The number of piperazine rings is 1. The monoisotopic (exact) mass is 302 g/mol. The Labute approximate surface area is 132 Å². The second-order valence-electron chi connectivity index (χ2n) is 7.65. The highest BCUT2D eigenvalue weighted by Gasteiger charge is 2.41. The summed E-state index contributed by atoms with van der Waals surface area (Å²) in [6.07, 6.45) is 4.14. The fraction of sp³-hybridized carbons (Fsp3) is 0.667. The maximum Gasteiger partial charge on any atom is 0.0263 e. The standard InChI is InChI=1S/C18H26N2S/c1-18(2)12-20(16(10-19-18)13-7-8-13)11-15-9-14-5-3-4-6-17(14)21-15/h3-6,13,15-16,19H,7-12H2,1-2H3. The molecule has 0 amide bonds. The molecule has 1 aliphatic carbocycles. The predicted molar refractivity (Wildman–Crippen MR) is 90.0 cm³/mol. The molecular weight excluding hydrogens is 276 g/mol. The molecule has 2 aliphatic heterocycles. The lowest BCUT2D eigenvalue weighted by Crippen LogP contribution is -2.63. The van der Waals surface area contributed by atoms with Crippen LogP contribution < -0.4 is 5.32 Å². The zero-order chi connectivity index (χ0) is 14.4. The Balaban J connectivity index is 1.45. The number of nitrogens with zero attached hydrogens (tertiary/aromatic N) is 1. The highest BCUT2D eigenvalue weighted by Crippen LogP contribution is 2.40. The minimum absolute atomic E-state index is 0.265. The molecule has 2 heterocycles. The highest BCUT2D eigenvalue weighted by molar-refractivity contribution is 8.00. The zero-order valence-corrected chi connectivity index (χ0v) is 14.0. The smallest absolute Gasteiger partial charge is 0.0263 e. The van der Waals surface area contributed by atoms with E-state index in [1.165, 1.54) is 43.8 Å². The van der Waals surface area contributed by atoms with E-state index in [1.54, 1.807) is 5.56 Å². The molecule has 0 radical (unpaired) electrons. The van der Waals surface area contributed by atoms with E-state index in [4.69, 9.17) is 0 Å². The molecule has 2 unspecified atom stereocenters. The van der Waals surface area contributed by atoms with Gasteiger partial charge in [-0.25, -0.2) is 0 Å². The molecule has 1 aromatic carbocycles. The molecule has 4 rings (SSSR count). The van der Waals surface area contributed by atoms with Gasteiger partial charge in [0.2, 0.25) is 0 Å². The number of nitrogens with one attached hydrogen (secondary N) is 1. The molecule has 1 saturated carbocycles. The van der Waals surface area contributed by atoms with Crippen LogP contribution >= 0.6 is 11.8 Å². The normalized spacial score (nSPS) is 32.1. The van der Waals surface area contributed by atoms with Gasteiger partial charge in [0.1, 0.15) is 0 Å². The Kier molecular flexibility index (Phi) is 3.55. The fourth-order valence-electron chi connectivity index (χ4n) is 3.95. The van der Waals surface area contributed by atoms with Gasteiger partial charge in [0, 0.05) is 41.4 Å². The van der Waals surface area contributed by atoms with Crippen LogP contribution in [0.15, 0.2) is 29.2 Å². The average molecular weight is 302 g/mol. The second-order valence-corrected chi connectivity index (χ2v) is 8.99. The lowest BCUT2D eigenvalue weighted by molar-refractivity contribution is 0.0835. The summed E-state index contributed by atoms with van der Waals surface area (Å²) in [6, 6.07) is 9.74. The first-order valence-electron chi connectivity index (χ1n) is 8.34. The van der Waals surface area contributed by atoms with Gasteiger partial charge in [-0.15, -0.1) is 11.8 Å². The van der Waals surface area contributed by atoms with Crippen molar-refractivity contribution in [2.75, 3.05) is 19.6 Å². The predicted octanol–water partition coefficient (Wildman–Crippen LogP) is 3.17. The first kappa shape index (κ1) is 14.1. The van der Waals surface area contributed by atoms with E-state index in [2.05, 4.69) is 60.1 Å². The van der Waals surface area contributed by atoms with Gasteiger partial charge in [0.05, 0.1) is 0 Å². The summed E-state index contributed by atoms with van der Waals surface area (Å²) in [5.41, 5.74) is 1.83. The van der Waals surface area contributed by atoms with Crippen molar-refractivity contribution in [3.05, 3.63) is 29.8 Å². The summed E-state index contributed by atoms with van der Waals surface area (Å²) in [5, 5.41) is 4.50. The van der Waals surface area contributed by atoms with Crippen molar-refractivity contribution in [2.45, 2.75) is 54.8 Å². The van der Waals surface area contributed by atoms with E-state index in [0.717, 1.165) is 17.2 Å². The van der Waals surface area contributed by atoms with E-state index in [1.807, 2.05) is 0 Å². The molecule has 0 spiro atoms. The largest absolute Gasteiger partial charge is 0.309 e. The average Bonchev–Trinajstić information content (AvgIpc) is 3.17. The number of hydrogen-bond donors (Lipinski definition) is 1. The highest BCUT2D eigenvalue weighted by atomic mass is 32.2. The number of thioether (sulfide) groups is 1. The number of benzene rings is 1. The summed E-state index contributed by atoms with van der Waals surface area (Å²) in [6.45, 7) is 8.33. The van der Waals surface area contributed by atoms with Crippen molar-refractivity contribution in [3.63, 3.8) is 0 Å². The second kappa shape index (κ2) is 5.29. The number of rotatable bonds is 3. The summed E-state index contributed by atoms with van der Waals surface area (Å²) >= 11 is 2.10. The fourth-order valence-corrected chi connectivity index (χ4v) is 5.30. The first-order valence-corrected chi connectivity index (χ1v) is 9.22. The SMILES string of the molecule is CC1(C)CN(CC2Cc3ccccc3S2)C(C2CC2)CN1. The van der Waals surface area contributed by atoms with Crippen LogP contribution in [0.1, 0.15) is 32.3 Å². The minimum atomic E-state index is 0.265. The Morgan fingerprint density at radius 2 is 2.10 bits per heavy atom. The molecule has 1 N–H and O–H groups in total. The lowest BCUT2D eigenvalue weighted by Gasteiger charge is -2.45. The van der Waals surface area contributed by atoms with Crippen LogP contribution in [-0.2, 0) is 6.42 Å². The maximum atomic E-state index is 3.75. The molecule has 21 heavy (non-hydrogen) atoms. The topological polar surface area (TPSA) is 15.3 Å². The third-order valence-electron chi connectivity index (χ3n) is 5.18. The molecule has 114 valence electrons. The lowest BCUT2D eigenvalue weighted by atomic mass is 9.96. The van der Waals surface area contributed by atoms with Crippen LogP contribution in [-0.4, -0.2) is 41.4 Å². The van der Waals surface area contributed by atoms with Gasteiger partial charge in [-0.05, 0) is 50.7 Å². The molecule has 2 fully saturated rings. The van der Waals surface area contributed by atoms with Gasteiger partial charge < -0.3 is 5.32 Å². The quantitative estimate of drug-likeness (QED) is 0.923. The van der Waals surface area contributed by atoms with Crippen LogP contribution in [0.3, 0.4) is 0 Å². The molecule has 3 aliphatic rings. The van der Waals surface area contributed by atoms with Crippen molar-refractivity contribution >= 4 is 11.8 Å². The molecule has 1 saturated heterocycles. The van der Waals surface area contributed by atoms with Crippen molar-refractivity contribution in [3.8, 4) is 0 Å². The summed E-state index contributed by atoms with van der Waals surface area (Å²) in [7, 11) is 0. The van der Waals surface area contributed by atoms with Crippen LogP contribution in [0.2, 0.25) is 0 Å². The minimum Gasteiger partial charge on any atom is -0.309 e. The van der Waals surface area contributed by atoms with E-state index >= 15 is 0 Å². The number of hydrogen-bond acceptors (Lipinski definition) is 3. The molecule has 2 nitrogen and oxygen atoms in total. The van der Waals surface area contributed by atoms with Crippen LogP contribution in [0.4, 0.5) is 0 Å². The molecular formula is C18H26N2S. The van der Waals surface area contributed by atoms with E-state index in [9.17, 15) is 0 Å². The van der Waals surface area contributed by atoms with Gasteiger partial charge in [-0.2, -0.15) is 0 Å². The van der Waals surface area contributed by atoms with Crippen molar-refractivity contribution in [1.29, 1.82) is 0 Å². The van der Waals surface area contributed by atoms with Crippen LogP contribution in [0, 0.1) is 5.92 Å². The number of fused-ring (bicyclic) bond motifs is 1. The summed E-state index contributed by atoms with van der Waals surface area (Å²) in [4.78, 5) is 4.32. The van der Waals surface area contributed by atoms with Crippen molar-refractivity contribution in [1.82, 2.24) is 10.2 Å². The van der Waals surface area contributed by atoms with Crippen molar-refractivity contribution < 1.29 is 0 Å². The van der Waals surface area contributed by atoms with E-state index < -0.39 is 0 Å². The first-order chi connectivity index (χ1) is 10.1. The summed E-state index contributed by atoms with van der Waals surface area (Å²) in [5.74, 6) is 0.961. The molecule has 0 bridgehead atoms. The Hall–Kier alpha value is -0.510. The van der Waals surface area contributed by atoms with E-state index in [0.29, 0.717) is 0 Å². The maximum absolute atomic E-state index is 3.75. The molecule has 3 heteroatoms. The Morgan fingerprint density at radius 1 is 1.29 bits per heavy atom. The summed E-state index contributed by atoms with van der Waals surface area (Å²) < 4.78 is 0. The van der Waals surface area contributed by atoms with Gasteiger partial charge in [0.25, 0.3) is 0 Å². The molecule has 1 aromatic rings. The van der Waals surface area contributed by atoms with Crippen molar-refractivity contribution in [2.24, 2.45) is 5.92 Å².